The van der Waals surface area contributed by atoms with Crippen LogP contribution in [0.4, 0.5) is 0 Å². The smallest absolute Gasteiger partial charge is 0.144 e. The second-order valence-corrected chi connectivity index (χ2v) is 6.16. The molecule has 0 spiro atoms. The molecule has 0 unspecified atom stereocenters. The van der Waals surface area contributed by atoms with E-state index in [1.165, 1.54) is 24.2 Å². The minimum Gasteiger partial charge on any atom is -0.385 e. The van der Waals surface area contributed by atoms with Gasteiger partial charge < -0.3 is 5.11 Å². The normalized spacial score (nSPS) is 15.9. The first-order valence-electron chi connectivity index (χ1n) is 6.05. The summed E-state index contributed by atoms with van der Waals surface area (Å²) in [5.74, 6) is 0.521. The van der Waals surface area contributed by atoms with Crippen LogP contribution < -0.4 is 0 Å². The van der Waals surface area contributed by atoms with Gasteiger partial charge in [0.25, 0.3) is 0 Å². The number of thiazole rings is 1. The van der Waals surface area contributed by atoms with E-state index in [0.29, 0.717) is 5.92 Å². The lowest BCUT2D eigenvalue weighted by atomic mass is 10.0. The SMILES string of the molecule is CC(C)(O)c1sc(-c2cnccn2)nc1C1CC1. The predicted molar refractivity (Wildman–Crippen MR) is 70.4 cm³/mol. The topological polar surface area (TPSA) is 58.9 Å². The number of aliphatic hydroxyl groups is 1. The zero-order valence-corrected chi connectivity index (χ0v) is 11.2. The monoisotopic (exact) mass is 261 g/mol. The summed E-state index contributed by atoms with van der Waals surface area (Å²) in [6.07, 6.45) is 7.37. The molecular formula is C13H15N3OS. The maximum Gasteiger partial charge on any atom is 0.144 e. The quantitative estimate of drug-likeness (QED) is 0.923. The summed E-state index contributed by atoms with van der Waals surface area (Å²) in [6, 6.07) is 0. The van der Waals surface area contributed by atoms with E-state index in [9.17, 15) is 5.11 Å². The third kappa shape index (κ3) is 2.15. The van der Waals surface area contributed by atoms with E-state index in [-0.39, 0.29) is 0 Å². The molecular weight excluding hydrogens is 246 g/mol. The van der Waals surface area contributed by atoms with Crippen LogP contribution in [-0.2, 0) is 5.60 Å². The number of rotatable bonds is 3. The first-order chi connectivity index (χ1) is 8.55. The Hall–Kier alpha value is -1.33. The molecule has 0 aliphatic heterocycles. The van der Waals surface area contributed by atoms with Crippen molar-refractivity contribution in [2.75, 3.05) is 0 Å². The Balaban J connectivity index is 2.08. The largest absolute Gasteiger partial charge is 0.385 e. The van der Waals surface area contributed by atoms with Gasteiger partial charge in [-0.2, -0.15) is 0 Å². The van der Waals surface area contributed by atoms with Gasteiger partial charge in [0.1, 0.15) is 10.7 Å². The summed E-state index contributed by atoms with van der Waals surface area (Å²) in [5.41, 5.74) is 0.990. The van der Waals surface area contributed by atoms with Crippen LogP contribution in [0.15, 0.2) is 18.6 Å². The van der Waals surface area contributed by atoms with Crippen LogP contribution in [0.5, 0.6) is 0 Å². The van der Waals surface area contributed by atoms with Crippen LogP contribution in [0.2, 0.25) is 0 Å². The molecule has 1 saturated carbocycles. The van der Waals surface area contributed by atoms with Gasteiger partial charge in [0, 0.05) is 18.3 Å². The Bertz CT molecular complexity index is 555. The average Bonchev–Trinajstić information content (AvgIpc) is 3.07. The van der Waals surface area contributed by atoms with Gasteiger partial charge in [0.15, 0.2) is 0 Å². The van der Waals surface area contributed by atoms with Crippen LogP contribution in [-0.4, -0.2) is 20.1 Å². The molecule has 5 heteroatoms. The summed E-state index contributed by atoms with van der Waals surface area (Å²) in [5, 5.41) is 11.1. The Morgan fingerprint density at radius 3 is 2.67 bits per heavy atom. The molecule has 2 aromatic rings. The van der Waals surface area contributed by atoms with Gasteiger partial charge in [-0.15, -0.1) is 11.3 Å². The molecule has 3 rings (SSSR count). The van der Waals surface area contributed by atoms with Gasteiger partial charge in [-0.05, 0) is 26.7 Å². The van der Waals surface area contributed by atoms with Crippen molar-refractivity contribution >= 4 is 11.3 Å². The predicted octanol–water partition coefficient (Wildman–Crippen LogP) is 2.70. The Morgan fingerprint density at radius 1 is 1.33 bits per heavy atom. The van der Waals surface area contributed by atoms with Crippen LogP contribution in [0, 0.1) is 0 Å². The summed E-state index contributed by atoms with van der Waals surface area (Å²) < 4.78 is 0. The van der Waals surface area contributed by atoms with Gasteiger partial charge in [-0.1, -0.05) is 0 Å². The van der Waals surface area contributed by atoms with E-state index in [1.54, 1.807) is 18.6 Å². The molecule has 1 aliphatic rings. The maximum atomic E-state index is 10.2. The second-order valence-electron chi connectivity index (χ2n) is 5.16. The third-order valence-electron chi connectivity index (χ3n) is 2.96. The number of hydrogen-bond donors (Lipinski definition) is 1. The Kier molecular flexibility index (Phi) is 2.68. The third-order valence-corrected chi connectivity index (χ3v) is 4.36. The molecule has 0 bridgehead atoms. The molecule has 0 atom stereocenters. The fourth-order valence-electron chi connectivity index (χ4n) is 1.92. The fourth-order valence-corrected chi connectivity index (χ4v) is 3.04. The summed E-state index contributed by atoms with van der Waals surface area (Å²) in [7, 11) is 0. The average molecular weight is 261 g/mol. The molecule has 18 heavy (non-hydrogen) atoms. The van der Waals surface area contributed by atoms with Crippen molar-refractivity contribution < 1.29 is 5.11 Å². The van der Waals surface area contributed by atoms with Crippen LogP contribution in [0.1, 0.15) is 43.2 Å². The Morgan fingerprint density at radius 2 is 2.11 bits per heavy atom. The summed E-state index contributed by atoms with van der Waals surface area (Å²) in [6.45, 7) is 3.62. The molecule has 1 N–H and O–H groups in total. The highest BCUT2D eigenvalue weighted by Gasteiger charge is 2.34. The van der Waals surface area contributed by atoms with E-state index in [1.807, 2.05) is 13.8 Å². The Labute approximate surface area is 110 Å². The molecule has 1 aliphatic carbocycles. The van der Waals surface area contributed by atoms with E-state index in [2.05, 4.69) is 15.0 Å². The number of hydrogen-bond acceptors (Lipinski definition) is 5. The van der Waals surface area contributed by atoms with Gasteiger partial charge in [-0.25, -0.2) is 4.98 Å². The van der Waals surface area contributed by atoms with Crippen molar-refractivity contribution in [3.05, 3.63) is 29.2 Å². The molecule has 4 nitrogen and oxygen atoms in total. The van der Waals surface area contributed by atoms with Crippen molar-refractivity contribution in [3.8, 4) is 10.7 Å². The zero-order valence-electron chi connectivity index (χ0n) is 10.4. The lowest BCUT2D eigenvalue weighted by Crippen LogP contribution is -2.15. The van der Waals surface area contributed by atoms with E-state index in [0.717, 1.165) is 21.3 Å². The van der Waals surface area contributed by atoms with Crippen molar-refractivity contribution in [2.24, 2.45) is 0 Å². The molecule has 0 saturated heterocycles. The first-order valence-corrected chi connectivity index (χ1v) is 6.87. The van der Waals surface area contributed by atoms with Crippen LogP contribution >= 0.6 is 11.3 Å². The van der Waals surface area contributed by atoms with E-state index in [4.69, 9.17) is 0 Å². The molecule has 0 radical (unpaired) electrons. The van der Waals surface area contributed by atoms with E-state index >= 15 is 0 Å². The fraction of sp³-hybridized carbons (Fsp3) is 0.462. The molecule has 94 valence electrons. The second kappa shape index (κ2) is 4.10. The lowest BCUT2D eigenvalue weighted by Gasteiger charge is -2.16. The van der Waals surface area contributed by atoms with Gasteiger partial charge >= 0.3 is 0 Å². The standard InChI is InChI=1S/C13H15N3OS/c1-13(2,17)11-10(8-3-4-8)16-12(18-11)9-7-14-5-6-15-9/h5-8,17H,3-4H2,1-2H3. The van der Waals surface area contributed by atoms with Gasteiger partial charge in [-0.3, -0.25) is 9.97 Å². The number of nitrogens with zero attached hydrogens (tertiary/aromatic N) is 3. The maximum absolute atomic E-state index is 10.2. The molecule has 1 fully saturated rings. The van der Waals surface area contributed by atoms with E-state index < -0.39 is 5.60 Å². The highest BCUT2D eigenvalue weighted by molar-refractivity contribution is 7.15. The minimum atomic E-state index is -0.837. The summed E-state index contributed by atoms with van der Waals surface area (Å²) >= 11 is 1.52. The number of aromatic nitrogens is 3. The lowest BCUT2D eigenvalue weighted by molar-refractivity contribution is 0.0813. The molecule has 2 aromatic heterocycles. The van der Waals surface area contributed by atoms with Gasteiger partial charge in [0.2, 0.25) is 0 Å². The van der Waals surface area contributed by atoms with Crippen molar-refractivity contribution in [1.82, 2.24) is 15.0 Å². The van der Waals surface area contributed by atoms with Crippen molar-refractivity contribution in [2.45, 2.75) is 38.2 Å². The summed E-state index contributed by atoms with van der Waals surface area (Å²) in [4.78, 5) is 14.0. The van der Waals surface area contributed by atoms with Crippen LogP contribution in [0.3, 0.4) is 0 Å². The van der Waals surface area contributed by atoms with Gasteiger partial charge in [0.05, 0.1) is 22.4 Å². The highest BCUT2D eigenvalue weighted by Crippen LogP contribution is 2.46. The highest BCUT2D eigenvalue weighted by atomic mass is 32.1. The first kappa shape index (κ1) is 11.7. The minimum absolute atomic E-state index is 0.521. The van der Waals surface area contributed by atoms with Crippen LogP contribution in [0.25, 0.3) is 10.7 Å². The molecule has 2 heterocycles. The van der Waals surface area contributed by atoms with Crippen molar-refractivity contribution in [3.63, 3.8) is 0 Å². The zero-order chi connectivity index (χ0) is 12.8. The molecule has 0 aromatic carbocycles. The van der Waals surface area contributed by atoms with Crippen molar-refractivity contribution in [1.29, 1.82) is 0 Å². The molecule has 0 amide bonds.